The first kappa shape index (κ1) is 20.1. The Kier molecular flexibility index (Phi) is 5.81. The lowest BCUT2D eigenvalue weighted by Crippen LogP contribution is -2.21. The zero-order valence-electron chi connectivity index (χ0n) is 16.1. The predicted octanol–water partition coefficient (Wildman–Crippen LogP) is 5.35. The lowest BCUT2D eigenvalue weighted by molar-refractivity contribution is 0.340. The Morgan fingerprint density at radius 1 is 1.00 bits per heavy atom. The Morgan fingerprint density at radius 2 is 1.77 bits per heavy atom. The van der Waals surface area contributed by atoms with Crippen molar-refractivity contribution in [3.05, 3.63) is 94.3 Å². The van der Waals surface area contributed by atoms with Gasteiger partial charge in [0.25, 0.3) is 5.56 Å². The van der Waals surface area contributed by atoms with Crippen LogP contribution in [0.3, 0.4) is 0 Å². The minimum Gasteiger partial charge on any atom is -0.494 e. The summed E-state index contributed by atoms with van der Waals surface area (Å²) in [6.45, 7) is 2.45. The number of halogens is 2. The van der Waals surface area contributed by atoms with Gasteiger partial charge in [0, 0.05) is 5.75 Å². The summed E-state index contributed by atoms with van der Waals surface area (Å²) in [5.74, 6) is -0.750. The summed E-state index contributed by atoms with van der Waals surface area (Å²) in [5, 5.41) is 0.969. The number of aromatic nitrogens is 2. The van der Waals surface area contributed by atoms with E-state index in [0.717, 1.165) is 12.1 Å². The molecule has 0 unspecified atom stereocenters. The summed E-state index contributed by atoms with van der Waals surface area (Å²) in [6.07, 6.45) is 0. The molecule has 0 amide bonds. The van der Waals surface area contributed by atoms with Gasteiger partial charge in [0.15, 0.2) is 16.8 Å². The second-order valence-electron chi connectivity index (χ2n) is 6.52. The average molecular weight is 424 g/mol. The molecule has 0 aliphatic rings. The summed E-state index contributed by atoms with van der Waals surface area (Å²) in [6, 6.07) is 18.1. The Hall–Kier alpha value is -3.19. The quantitative estimate of drug-likeness (QED) is 0.309. The fraction of sp³-hybridized carbons (Fsp3) is 0.130. The Bertz CT molecular complexity index is 1260. The van der Waals surface area contributed by atoms with Crippen LogP contribution in [-0.2, 0) is 5.75 Å². The van der Waals surface area contributed by atoms with E-state index in [-0.39, 0.29) is 5.56 Å². The summed E-state index contributed by atoms with van der Waals surface area (Å²) in [7, 11) is 0. The zero-order valence-corrected chi connectivity index (χ0v) is 17.0. The number of hydrogen-bond acceptors (Lipinski definition) is 4. The van der Waals surface area contributed by atoms with Gasteiger partial charge >= 0.3 is 0 Å². The molecule has 3 aromatic carbocycles. The van der Waals surface area contributed by atoms with Crippen molar-refractivity contribution in [2.45, 2.75) is 17.8 Å². The molecule has 0 aliphatic carbocycles. The molecule has 4 nitrogen and oxygen atoms in total. The Balaban J connectivity index is 1.77. The van der Waals surface area contributed by atoms with Gasteiger partial charge in [-0.1, -0.05) is 30.0 Å². The summed E-state index contributed by atoms with van der Waals surface area (Å²) in [5.41, 5.74) is 1.63. The Morgan fingerprint density at radius 3 is 2.50 bits per heavy atom. The molecular formula is C23H18F2N2O2S. The number of rotatable bonds is 6. The van der Waals surface area contributed by atoms with E-state index in [4.69, 9.17) is 4.74 Å². The van der Waals surface area contributed by atoms with Crippen molar-refractivity contribution in [3.8, 4) is 11.4 Å². The third-order valence-corrected chi connectivity index (χ3v) is 5.51. The Labute approximate surface area is 176 Å². The van der Waals surface area contributed by atoms with Crippen molar-refractivity contribution in [2.24, 2.45) is 0 Å². The van der Waals surface area contributed by atoms with E-state index in [0.29, 0.717) is 45.4 Å². The van der Waals surface area contributed by atoms with Crippen molar-refractivity contribution in [1.82, 2.24) is 9.55 Å². The first-order chi connectivity index (χ1) is 14.6. The lowest BCUT2D eigenvalue weighted by Gasteiger charge is -2.14. The summed E-state index contributed by atoms with van der Waals surface area (Å²) < 4.78 is 33.8. The maximum absolute atomic E-state index is 13.6. The number of hydrogen-bond donors (Lipinski definition) is 0. The number of benzene rings is 3. The standard InChI is InChI=1S/C23H18F2N2O2S/c1-2-29-17-10-8-16(9-11-17)27-22(28)18-5-3-4-6-21(18)26-23(27)30-14-15-7-12-19(24)20(25)13-15/h3-13H,2,14H2,1H3. The van der Waals surface area contributed by atoms with Crippen LogP contribution in [0.1, 0.15) is 12.5 Å². The van der Waals surface area contributed by atoms with E-state index in [2.05, 4.69) is 4.98 Å². The molecule has 0 fully saturated rings. The number of ether oxygens (including phenoxy) is 1. The average Bonchev–Trinajstić information content (AvgIpc) is 2.76. The number of fused-ring (bicyclic) bond motifs is 1. The molecule has 0 radical (unpaired) electrons. The summed E-state index contributed by atoms with van der Waals surface area (Å²) >= 11 is 1.28. The number of para-hydroxylation sites is 1. The van der Waals surface area contributed by atoms with Gasteiger partial charge in [-0.2, -0.15) is 0 Å². The molecule has 4 rings (SSSR count). The smallest absolute Gasteiger partial charge is 0.266 e. The first-order valence-corrected chi connectivity index (χ1v) is 10.4. The highest BCUT2D eigenvalue weighted by atomic mass is 32.2. The van der Waals surface area contributed by atoms with Crippen LogP contribution in [0.2, 0.25) is 0 Å². The second-order valence-corrected chi connectivity index (χ2v) is 7.46. The molecule has 0 aliphatic heterocycles. The SMILES string of the molecule is CCOc1ccc(-n2c(SCc3ccc(F)c(F)c3)nc3ccccc3c2=O)cc1. The molecule has 7 heteroatoms. The molecule has 1 heterocycles. The van der Waals surface area contributed by atoms with Crippen molar-refractivity contribution in [1.29, 1.82) is 0 Å². The van der Waals surface area contributed by atoms with Gasteiger partial charge in [0.2, 0.25) is 0 Å². The monoisotopic (exact) mass is 424 g/mol. The molecule has 4 aromatic rings. The number of nitrogens with zero attached hydrogens (tertiary/aromatic N) is 2. The lowest BCUT2D eigenvalue weighted by atomic mass is 10.2. The topological polar surface area (TPSA) is 44.1 Å². The van der Waals surface area contributed by atoms with Crippen LogP contribution in [-0.4, -0.2) is 16.2 Å². The van der Waals surface area contributed by atoms with Gasteiger partial charge in [0.1, 0.15) is 5.75 Å². The normalized spacial score (nSPS) is 11.0. The van der Waals surface area contributed by atoms with E-state index in [1.807, 2.05) is 13.0 Å². The van der Waals surface area contributed by atoms with Gasteiger partial charge in [-0.25, -0.2) is 13.8 Å². The minimum atomic E-state index is -0.900. The molecule has 152 valence electrons. The first-order valence-electron chi connectivity index (χ1n) is 9.38. The maximum atomic E-state index is 13.6. The highest BCUT2D eigenvalue weighted by Gasteiger charge is 2.14. The van der Waals surface area contributed by atoms with E-state index in [1.54, 1.807) is 42.5 Å². The van der Waals surface area contributed by atoms with Crippen LogP contribution in [0.25, 0.3) is 16.6 Å². The highest BCUT2D eigenvalue weighted by Crippen LogP contribution is 2.26. The van der Waals surface area contributed by atoms with Gasteiger partial charge in [0.05, 0.1) is 23.2 Å². The minimum absolute atomic E-state index is 0.197. The van der Waals surface area contributed by atoms with Gasteiger partial charge in [-0.15, -0.1) is 0 Å². The highest BCUT2D eigenvalue weighted by molar-refractivity contribution is 7.98. The van der Waals surface area contributed by atoms with E-state index in [9.17, 15) is 13.6 Å². The van der Waals surface area contributed by atoms with Gasteiger partial charge < -0.3 is 4.74 Å². The molecule has 0 N–H and O–H groups in total. The van der Waals surface area contributed by atoms with Crippen molar-refractivity contribution < 1.29 is 13.5 Å². The predicted molar refractivity (Wildman–Crippen MR) is 114 cm³/mol. The molecule has 1 aromatic heterocycles. The van der Waals surface area contributed by atoms with Gasteiger partial charge in [-0.3, -0.25) is 9.36 Å². The molecule has 30 heavy (non-hydrogen) atoms. The second kappa shape index (κ2) is 8.67. The molecule has 0 saturated carbocycles. The van der Waals surface area contributed by atoms with Crippen molar-refractivity contribution in [2.75, 3.05) is 6.61 Å². The molecule has 0 atom stereocenters. The molecule has 0 bridgehead atoms. The van der Waals surface area contributed by atoms with E-state index in [1.165, 1.54) is 22.4 Å². The molecular weight excluding hydrogens is 406 g/mol. The molecule has 0 spiro atoms. The fourth-order valence-corrected chi connectivity index (χ4v) is 4.03. The summed E-state index contributed by atoms with van der Waals surface area (Å²) in [4.78, 5) is 17.9. The van der Waals surface area contributed by atoms with Crippen molar-refractivity contribution >= 4 is 22.7 Å². The van der Waals surface area contributed by atoms with E-state index < -0.39 is 11.6 Å². The maximum Gasteiger partial charge on any atom is 0.266 e. The van der Waals surface area contributed by atoms with E-state index >= 15 is 0 Å². The van der Waals surface area contributed by atoms with Crippen LogP contribution in [0.15, 0.2) is 76.7 Å². The largest absolute Gasteiger partial charge is 0.494 e. The van der Waals surface area contributed by atoms with Crippen LogP contribution >= 0.6 is 11.8 Å². The molecule has 0 saturated heterocycles. The van der Waals surface area contributed by atoms with Crippen LogP contribution < -0.4 is 10.3 Å². The fourth-order valence-electron chi connectivity index (χ4n) is 3.07. The number of thioether (sulfide) groups is 1. The van der Waals surface area contributed by atoms with Crippen LogP contribution in [0, 0.1) is 11.6 Å². The van der Waals surface area contributed by atoms with Crippen LogP contribution in [0.4, 0.5) is 8.78 Å². The van der Waals surface area contributed by atoms with Crippen molar-refractivity contribution in [3.63, 3.8) is 0 Å². The van der Waals surface area contributed by atoms with Gasteiger partial charge in [-0.05, 0) is 61.0 Å². The zero-order chi connectivity index (χ0) is 21.1. The van der Waals surface area contributed by atoms with Crippen LogP contribution in [0.5, 0.6) is 5.75 Å². The third kappa shape index (κ3) is 4.07. The third-order valence-electron chi connectivity index (χ3n) is 4.50.